The van der Waals surface area contributed by atoms with Crippen LogP contribution in [0.25, 0.3) is 0 Å². The van der Waals surface area contributed by atoms with Crippen LogP contribution in [0.15, 0.2) is 41.6 Å². The predicted octanol–water partition coefficient (Wildman–Crippen LogP) is 2.51. The molecule has 3 nitrogen and oxygen atoms in total. The minimum absolute atomic E-state index is 0.0802. The molecule has 0 bridgehead atoms. The van der Waals surface area contributed by atoms with E-state index in [4.69, 9.17) is 0 Å². The molecule has 0 unspecified atom stereocenters. The van der Waals surface area contributed by atoms with E-state index in [1.54, 1.807) is 34.7 Å². The van der Waals surface area contributed by atoms with Crippen LogP contribution in [0.4, 0.5) is 0 Å². The molecule has 1 rings (SSSR count). The average Bonchev–Trinajstić information content (AvgIpc) is 2.29. The van der Waals surface area contributed by atoms with Gasteiger partial charge in [0.15, 0.2) is 0 Å². The quantitative estimate of drug-likeness (QED) is 0.481. The van der Waals surface area contributed by atoms with E-state index >= 15 is 0 Å². The number of carbonyl (C=O) groups excluding carboxylic acids is 1. The number of pyridine rings is 1. The van der Waals surface area contributed by atoms with E-state index in [9.17, 15) is 4.79 Å². The molecule has 0 aliphatic rings. The number of aromatic nitrogens is 1. The van der Waals surface area contributed by atoms with E-state index in [0.29, 0.717) is 12.1 Å². The molecule has 5 heteroatoms. The van der Waals surface area contributed by atoms with Crippen LogP contribution in [0.5, 0.6) is 0 Å². The lowest BCUT2D eigenvalue weighted by Gasteiger charge is -2.03. The number of nitrogens with one attached hydrogen (secondary N) is 1. The van der Waals surface area contributed by atoms with Gasteiger partial charge in [-0.1, -0.05) is 23.4 Å². The molecule has 86 valence electrons. The van der Waals surface area contributed by atoms with Gasteiger partial charge in [0, 0.05) is 24.1 Å². The molecule has 0 saturated carbocycles. The highest BCUT2D eigenvalue weighted by molar-refractivity contribution is 8.76. The normalized spacial score (nSPS) is 9.81. The molecule has 0 saturated heterocycles. The first-order chi connectivity index (χ1) is 7.70. The highest BCUT2D eigenvalue weighted by Crippen LogP contribution is 2.28. The van der Waals surface area contributed by atoms with Gasteiger partial charge in [-0.05, 0) is 29.9 Å². The lowest BCUT2D eigenvalue weighted by atomic mass is 10.3. The molecule has 16 heavy (non-hydrogen) atoms. The van der Waals surface area contributed by atoms with Crippen molar-refractivity contribution in [3.8, 4) is 0 Å². The lowest BCUT2D eigenvalue weighted by Crippen LogP contribution is -2.25. The Morgan fingerprint density at radius 2 is 2.38 bits per heavy atom. The fourth-order valence-corrected chi connectivity index (χ4v) is 2.64. The van der Waals surface area contributed by atoms with Gasteiger partial charge in [0.25, 0.3) is 0 Å². The van der Waals surface area contributed by atoms with Crippen LogP contribution in [0.1, 0.15) is 6.92 Å². The van der Waals surface area contributed by atoms with Gasteiger partial charge in [-0.15, -0.1) is 0 Å². The summed E-state index contributed by atoms with van der Waals surface area (Å²) in [7, 11) is 3.28. The summed E-state index contributed by atoms with van der Waals surface area (Å²) in [6.07, 6.45) is 1.77. The largest absolute Gasteiger partial charge is 0.351 e. The molecule has 1 N–H and O–H groups in total. The Hall–Kier alpha value is -0.940. The summed E-state index contributed by atoms with van der Waals surface area (Å²) in [6, 6.07) is 5.81. The monoisotopic (exact) mass is 254 g/mol. The minimum atomic E-state index is -0.0802. The molecule has 1 aromatic heterocycles. The molecule has 1 heterocycles. The Morgan fingerprint density at radius 3 is 3.00 bits per heavy atom. The predicted molar refractivity (Wildman–Crippen MR) is 70.4 cm³/mol. The molecule has 1 amide bonds. The van der Waals surface area contributed by atoms with Gasteiger partial charge < -0.3 is 5.32 Å². The third-order valence-corrected chi connectivity index (χ3v) is 3.91. The number of amides is 1. The maximum Gasteiger partial charge on any atom is 0.246 e. The summed E-state index contributed by atoms with van der Waals surface area (Å²) in [5.41, 5.74) is 0.544. The molecule has 0 spiro atoms. The van der Waals surface area contributed by atoms with E-state index in [2.05, 4.69) is 16.9 Å². The summed E-state index contributed by atoms with van der Waals surface area (Å²) in [5, 5.41) is 3.76. The number of nitrogens with zero attached hydrogens (tertiary/aromatic N) is 1. The molecular weight excluding hydrogens is 240 g/mol. The highest BCUT2D eigenvalue weighted by atomic mass is 33.1. The van der Waals surface area contributed by atoms with Gasteiger partial charge in [-0.2, -0.15) is 0 Å². The zero-order chi connectivity index (χ0) is 11.8. The molecule has 1 aromatic rings. The van der Waals surface area contributed by atoms with E-state index in [-0.39, 0.29) is 5.91 Å². The van der Waals surface area contributed by atoms with Crippen LogP contribution in [0.3, 0.4) is 0 Å². The zero-order valence-corrected chi connectivity index (χ0v) is 10.7. The molecule has 0 aliphatic carbocycles. The number of carbonyl (C=O) groups is 1. The summed E-state index contributed by atoms with van der Waals surface area (Å²) >= 11 is 0. The van der Waals surface area contributed by atoms with Crippen LogP contribution in [-0.2, 0) is 4.79 Å². The van der Waals surface area contributed by atoms with E-state index in [1.807, 2.05) is 18.2 Å². The Bertz CT molecular complexity index is 354. The van der Waals surface area contributed by atoms with Crippen molar-refractivity contribution >= 4 is 27.5 Å². The maximum absolute atomic E-state index is 11.1. The first-order valence-corrected chi connectivity index (χ1v) is 7.16. The fourth-order valence-electron chi connectivity index (χ4n) is 0.856. The second-order valence-electron chi connectivity index (χ2n) is 3.11. The number of hydrogen-bond donors (Lipinski definition) is 1. The number of rotatable bonds is 6. The average molecular weight is 254 g/mol. The second kappa shape index (κ2) is 7.35. The van der Waals surface area contributed by atoms with Crippen molar-refractivity contribution in [2.45, 2.75) is 11.9 Å². The summed E-state index contributed by atoms with van der Waals surface area (Å²) < 4.78 is 0. The van der Waals surface area contributed by atoms with Crippen LogP contribution in [-0.4, -0.2) is 23.2 Å². The van der Waals surface area contributed by atoms with Crippen molar-refractivity contribution in [2.75, 3.05) is 12.3 Å². The van der Waals surface area contributed by atoms with E-state index < -0.39 is 0 Å². The van der Waals surface area contributed by atoms with Gasteiger partial charge in [0.05, 0.1) is 0 Å². The Balaban J connectivity index is 2.09. The third-order valence-electron chi connectivity index (χ3n) is 1.64. The van der Waals surface area contributed by atoms with Gasteiger partial charge >= 0.3 is 0 Å². The van der Waals surface area contributed by atoms with Gasteiger partial charge in [-0.25, -0.2) is 4.98 Å². The number of hydrogen-bond acceptors (Lipinski definition) is 4. The van der Waals surface area contributed by atoms with Crippen molar-refractivity contribution in [1.82, 2.24) is 10.3 Å². The van der Waals surface area contributed by atoms with Gasteiger partial charge in [0.2, 0.25) is 5.91 Å². The van der Waals surface area contributed by atoms with Crippen molar-refractivity contribution in [3.05, 3.63) is 36.5 Å². The standard InChI is InChI=1S/C11H14N2OS2/c1-9(2)11(14)13-7-8-15-16-10-5-3-4-6-12-10/h3-6H,1,7-8H2,2H3,(H,13,14). The Morgan fingerprint density at radius 1 is 1.56 bits per heavy atom. The topological polar surface area (TPSA) is 42.0 Å². The van der Waals surface area contributed by atoms with E-state index in [1.165, 1.54) is 0 Å². The third kappa shape index (κ3) is 5.23. The molecule has 0 fully saturated rings. The first-order valence-electron chi connectivity index (χ1n) is 4.84. The van der Waals surface area contributed by atoms with Crippen molar-refractivity contribution in [1.29, 1.82) is 0 Å². The first kappa shape index (κ1) is 13.1. The summed E-state index contributed by atoms with van der Waals surface area (Å²) in [4.78, 5) is 15.3. The smallest absolute Gasteiger partial charge is 0.246 e. The molecule has 0 radical (unpaired) electrons. The van der Waals surface area contributed by atoms with Crippen LogP contribution >= 0.6 is 21.6 Å². The molecule has 0 aliphatic heterocycles. The highest BCUT2D eigenvalue weighted by Gasteiger charge is 2.00. The van der Waals surface area contributed by atoms with Crippen molar-refractivity contribution in [2.24, 2.45) is 0 Å². The summed E-state index contributed by atoms with van der Waals surface area (Å²) in [6.45, 7) is 5.92. The van der Waals surface area contributed by atoms with Crippen LogP contribution in [0, 0.1) is 0 Å². The van der Waals surface area contributed by atoms with E-state index in [0.717, 1.165) is 10.8 Å². The maximum atomic E-state index is 11.1. The van der Waals surface area contributed by atoms with Crippen molar-refractivity contribution < 1.29 is 4.79 Å². The SMILES string of the molecule is C=C(C)C(=O)NCCSSc1ccccn1. The fraction of sp³-hybridized carbons (Fsp3) is 0.273. The van der Waals surface area contributed by atoms with Gasteiger partial charge in [-0.3, -0.25) is 4.79 Å². The molecular formula is C11H14N2OS2. The Labute approximate surface area is 104 Å². The van der Waals surface area contributed by atoms with Crippen molar-refractivity contribution in [3.63, 3.8) is 0 Å². The lowest BCUT2D eigenvalue weighted by molar-refractivity contribution is -0.117. The van der Waals surface area contributed by atoms with Gasteiger partial charge in [0.1, 0.15) is 5.03 Å². The minimum Gasteiger partial charge on any atom is -0.351 e. The van der Waals surface area contributed by atoms with Crippen LogP contribution < -0.4 is 5.32 Å². The Kier molecular flexibility index (Phi) is 6.03. The molecule has 0 aromatic carbocycles. The zero-order valence-electron chi connectivity index (χ0n) is 9.10. The summed E-state index contributed by atoms with van der Waals surface area (Å²) in [5.74, 6) is 0.767. The molecule has 0 atom stereocenters. The van der Waals surface area contributed by atoms with Crippen LogP contribution in [0.2, 0.25) is 0 Å². The second-order valence-corrected chi connectivity index (χ2v) is 5.55.